The highest BCUT2D eigenvalue weighted by Gasteiger charge is 2.23. The Bertz CT molecular complexity index is 892. The lowest BCUT2D eigenvalue weighted by Crippen LogP contribution is -2.50. The molecule has 0 radical (unpaired) electrons. The molecule has 2 aromatic rings. The molecular formula is C21H24FN3O4. The van der Waals surface area contributed by atoms with E-state index in [0.717, 1.165) is 0 Å². The van der Waals surface area contributed by atoms with Crippen molar-refractivity contribution in [3.8, 4) is 0 Å². The van der Waals surface area contributed by atoms with E-state index in [9.17, 15) is 18.8 Å². The molecule has 0 saturated carbocycles. The van der Waals surface area contributed by atoms with Gasteiger partial charge in [0.1, 0.15) is 5.82 Å². The summed E-state index contributed by atoms with van der Waals surface area (Å²) in [6.45, 7) is 6.68. The molecular weight excluding hydrogens is 377 g/mol. The van der Waals surface area contributed by atoms with Crippen molar-refractivity contribution in [3.63, 3.8) is 0 Å². The van der Waals surface area contributed by atoms with Gasteiger partial charge in [-0.05, 0) is 64.1 Å². The third-order valence-electron chi connectivity index (χ3n) is 3.65. The van der Waals surface area contributed by atoms with Gasteiger partial charge >= 0.3 is 12.0 Å². The predicted octanol–water partition coefficient (Wildman–Crippen LogP) is 3.74. The van der Waals surface area contributed by atoms with Gasteiger partial charge in [0, 0.05) is 11.2 Å². The number of carbonyl (C=O) groups excluding carboxylic acids is 3. The largest absolute Gasteiger partial charge is 0.449 e. The first-order valence-corrected chi connectivity index (χ1v) is 9.01. The van der Waals surface area contributed by atoms with E-state index in [1.165, 1.54) is 37.3 Å². The van der Waals surface area contributed by atoms with Crippen LogP contribution in [0.15, 0.2) is 48.5 Å². The number of esters is 1. The maximum atomic E-state index is 13.1. The molecule has 2 rings (SSSR count). The molecule has 0 aliphatic carbocycles. The molecule has 8 heteroatoms. The number of hydrogen-bond acceptors (Lipinski definition) is 5. The van der Waals surface area contributed by atoms with E-state index in [-0.39, 0.29) is 11.4 Å². The number of anilines is 2. The van der Waals surface area contributed by atoms with Crippen molar-refractivity contribution in [2.24, 2.45) is 0 Å². The van der Waals surface area contributed by atoms with Crippen molar-refractivity contribution < 1.29 is 23.5 Å². The second kappa shape index (κ2) is 9.18. The molecule has 1 unspecified atom stereocenters. The van der Waals surface area contributed by atoms with E-state index >= 15 is 0 Å². The Balaban J connectivity index is 2.04. The van der Waals surface area contributed by atoms with E-state index in [2.05, 4.69) is 16.0 Å². The van der Waals surface area contributed by atoms with Crippen LogP contribution in [0.5, 0.6) is 0 Å². The molecule has 0 fully saturated rings. The SMILES string of the molecule is CC(OC(=O)c1ccccc1Nc1ccc(F)cc1)C(=O)NC(=O)NC(C)(C)C. The Hall–Kier alpha value is -3.42. The molecule has 0 bridgehead atoms. The summed E-state index contributed by atoms with van der Waals surface area (Å²) in [6.07, 6.45) is -1.19. The van der Waals surface area contributed by atoms with Gasteiger partial charge < -0.3 is 15.4 Å². The summed E-state index contributed by atoms with van der Waals surface area (Å²) < 4.78 is 18.3. The first-order chi connectivity index (χ1) is 13.5. The van der Waals surface area contributed by atoms with Crippen LogP contribution in [0.25, 0.3) is 0 Å². The average Bonchev–Trinajstić information content (AvgIpc) is 2.62. The number of halogens is 1. The van der Waals surface area contributed by atoms with Crippen molar-refractivity contribution in [3.05, 3.63) is 59.9 Å². The minimum absolute atomic E-state index is 0.190. The van der Waals surface area contributed by atoms with Crippen LogP contribution in [0.1, 0.15) is 38.1 Å². The number of carbonyl (C=O) groups is 3. The molecule has 0 aliphatic rings. The van der Waals surface area contributed by atoms with Gasteiger partial charge in [-0.2, -0.15) is 0 Å². The smallest absolute Gasteiger partial charge is 0.341 e. The van der Waals surface area contributed by atoms with E-state index in [1.54, 1.807) is 39.0 Å². The molecule has 154 valence electrons. The third kappa shape index (κ3) is 6.91. The van der Waals surface area contributed by atoms with Crippen molar-refractivity contribution in [2.45, 2.75) is 39.3 Å². The van der Waals surface area contributed by atoms with Crippen molar-refractivity contribution in [1.82, 2.24) is 10.6 Å². The summed E-state index contributed by atoms with van der Waals surface area (Å²) in [6, 6.07) is 11.5. The number of nitrogens with one attached hydrogen (secondary N) is 3. The van der Waals surface area contributed by atoms with E-state index in [0.29, 0.717) is 11.4 Å². The van der Waals surface area contributed by atoms with Crippen molar-refractivity contribution in [2.75, 3.05) is 5.32 Å². The lowest BCUT2D eigenvalue weighted by atomic mass is 10.1. The molecule has 0 aliphatic heterocycles. The number of benzene rings is 2. The second-order valence-corrected chi connectivity index (χ2v) is 7.42. The third-order valence-corrected chi connectivity index (χ3v) is 3.65. The molecule has 2 aromatic carbocycles. The fraction of sp³-hybridized carbons (Fsp3) is 0.286. The second-order valence-electron chi connectivity index (χ2n) is 7.42. The lowest BCUT2D eigenvalue weighted by Gasteiger charge is -2.21. The molecule has 1 atom stereocenters. The van der Waals surface area contributed by atoms with E-state index in [4.69, 9.17) is 4.74 Å². The Morgan fingerprint density at radius 3 is 2.24 bits per heavy atom. The van der Waals surface area contributed by atoms with Crippen LogP contribution in [-0.2, 0) is 9.53 Å². The highest BCUT2D eigenvalue weighted by atomic mass is 19.1. The minimum Gasteiger partial charge on any atom is -0.449 e. The number of rotatable bonds is 5. The van der Waals surface area contributed by atoms with Crippen LogP contribution in [0.3, 0.4) is 0 Å². The number of amides is 3. The highest BCUT2D eigenvalue weighted by molar-refractivity contribution is 6.00. The molecule has 0 spiro atoms. The van der Waals surface area contributed by atoms with Crippen molar-refractivity contribution in [1.29, 1.82) is 0 Å². The fourth-order valence-corrected chi connectivity index (χ4v) is 2.32. The highest BCUT2D eigenvalue weighted by Crippen LogP contribution is 2.22. The average molecular weight is 401 g/mol. The van der Waals surface area contributed by atoms with Gasteiger partial charge in [-0.25, -0.2) is 14.0 Å². The van der Waals surface area contributed by atoms with Gasteiger partial charge in [-0.15, -0.1) is 0 Å². The molecule has 29 heavy (non-hydrogen) atoms. The standard InChI is InChI=1S/C21H24FN3O4/c1-13(18(26)24-20(28)25-21(2,3)4)29-19(27)16-7-5-6-8-17(16)23-15-11-9-14(22)10-12-15/h5-13,23H,1-4H3,(H2,24,25,26,28). The van der Waals surface area contributed by atoms with Crippen LogP contribution < -0.4 is 16.0 Å². The summed E-state index contributed by atoms with van der Waals surface area (Å²) in [7, 11) is 0. The predicted molar refractivity (Wildman–Crippen MR) is 107 cm³/mol. The van der Waals surface area contributed by atoms with E-state index < -0.39 is 29.6 Å². The van der Waals surface area contributed by atoms with Gasteiger partial charge in [-0.3, -0.25) is 10.1 Å². The zero-order valence-electron chi connectivity index (χ0n) is 16.7. The maximum Gasteiger partial charge on any atom is 0.341 e. The number of para-hydroxylation sites is 1. The summed E-state index contributed by atoms with van der Waals surface area (Å²) in [5.41, 5.74) is 0.684. The summed E-state index contributed by atoms with van der Waals surface area (Å²) in [5, 5.41) is 7.73. The van der Waals surface area contributed by atoms with Crippen LogP contribution in [0.2, 0.25) is 0 Å². The Morgan fingerprint density at radius 2 is 1.62 bits per heavy atom. The quantitative estimate of drug-likeness (QED) is 0.664. The summed E-state index contributed by atoms with van der Waals surface area (Å²) in [5.74, 6) is -1.86. The normalized spacial score (nSPS) is 11.9. The lowest BCUT2D eigenvalue weighted by molar-refractivity contribution is -0.127. The Morgan fingerprint density at radius 1 is 1.00 bits per heavy atom. The number of imide groups is 1. The molecule has 0 aromatic heterocycles. The number of urea groups is 1. The molecule has 0 saturated heterocycles. The Kier molecular flexibility index (Phi) is 6.93. The van der Waals surface area contributed by atoms with Gasteiger partial charge in [0.2, 0.25) is 0 Å². The topological polar surface area (TPSA) is 96.5 Å². The molecule has 0 heterocycles. The zero-order valence-corrected chi connectivity index (χ0v) is 16.7. The zero-order chi connectivity index (χ0) is 21.6. The van der Waals surface area contributed by atoms with Gasteiger partial charge in [0.25, 0.3) is 5.91 Å². The van der Waals surface area contributed by atoms with Gasteiger partial charge in [0.05, 0.1) is 11.3 Å². The summed E-state index contributed by atoms with van der Waals surface area (Å²) >= 11 is 0. The monoisotopic (exact) mass is 401 g/mol. The minimum atomic E-state index is -1.19. The Labute approximate surface area is 168 Å². The molecule has 7 nitrogen and oxygen atoms in total. The number of hydrogen-bond donors (Lipinski definition) is 3. The maximum absolute atomic E-state index is 13.1. The fourth-order valence-electron chi connectivity index (χ4n) is 2.32. The number of ether oxygens (including phenoxy) is 1. The first-order valence-electron chi connectivity index (χ1n) is 9.01. The van der Waals surface area contributed by atoms with Crippen LogP contribution >= 0.6 is 0 Å². The first kappa shape index (κ1) is 21.9. The summed E-state index contributed by atoms with van der Waals surface area (Å²) in [4.78, 5) is 36.4. The van der Waals surface area contributed by atoms with Gasteiger partial charge in [0.15, 0.2) is 6.10 Å². The molecule has 3 N–H and O–H groups in total. The van der Waals surface area contributed by atoms with Gasteiger partial charge in [-0.1, -0.05) is 12.1 Å². The molecule has 3 amide bonds. The van der Waals surface area contributed by atoms with Crippen LogP contribution in [-0.4, -0.2) is 29.6 Å². The van der Waals surface area contributed by atoms with Crippen LogP contribution in [0.4, 0.5) is 20.6 Å². The van der Waals surface area contributed by atoms with Crippen molar-refractivity contribution >= 4 is 29.3 Å². The van der Waals surface area contributed by atoms with Crippen LogP contribution in [0, 0.1) is 5.82 Å². The van der Waals surface area contributed by atoms with E-state index in [1.807, 2.05) is 0 Å².